The number of Topliss-reactive ketones (excluding diaryl/α,β-unsaturated/α-hetero) is 1. The van der Waals surface area contributed by atoms with Gasteiger partial charge in [-0.1, -0.05) is 6.42 Å². The Hall–Kier alpha value is -2.50. The van der Waals surface area contributed by atoms with Crippen LogP contribution < -0.4 is 0 Å². The molecule has 4 rings (SSSR count). The molecular weight excluding hydrogens is 292 g/mol. The quantitative estimate of drug-likeness (QED) is 0.741. The van der Waals surface area contributed by atoms with Gasteiger partial charge < -0.3 is 4.42 Å². The van der Waals surface area contributed by atoms with Crippen LogP contribution in [0.1, 0.15) is 36.5 Å². The van der Waals surface area contributed by atoms with Crippen molar-refractivity contribution in [1.29, 1.82) is 0 Å². The van der Waals surface area contributed by atoms with E-state index in [0.717, 1.165) is 30.7 Å². The minimum atomic E-state index is 0.210. The Bertz CT molecular complexity index is 889. The predicted molar refractivity (Wildman–Crippen MR) is 84.0 cm³/mol. The third kappa shape index (κ3) is 2.54. The van der Waals surface area contributed by atoms with Crippen LogP contribution in [0.15, 0.2) is 22.6 Å². The average molecular weight is 310 g/mol. The summed E-state index contributed by atoms with van der Waals surface area (Å²) < 4.78 is 7.36. The normalized spacial score (nSPS) is 15.0. The minimum absolute atomic E-state index is 0.210. The van der Waals surface area contributed by atoms with Gasteiger partial charge in [-0.15, -0.1) is 5.10 Å². The second-order valence-electron chi connectivity index (χ2n) is 6.18. The molecule has 0 spiro atoms. The van der Waals surface area contributed by atoms with Crippen LogP contribution in [0.4, 0.5) is 0 Å². The lowest BCUT2D eigenvalue weighted by Crippen LogP contribution is -2.24. The van der Waals surface area contributed by atoms with Crippen LogP contribution in [0.25, 0.3) is 17.2 Å². The van der Waals surface area contributed by atoms with E-state index in [0.29, 0.717) is 29.5 Å². The van der Waals surface area contributed by atoms with Gasteiger partial charge in [0.15, 0.2) is 17.2 Å². The maximum atomic E-state index is 12.3. The summed E-state index contributed by atoms with van der Waals surface area (Å²) in [5.74, 6) is 3.18. The molecule has 3 aromatic heterocycles. The Morgan fingerprint density at radius 3 is 2.78 bits per heavy atom. The molecule has 0 aromatic carbocycles. The molecule has 1 aliphatic carbocycles. The van der Waals surface area contributed by atoms with Crippen molar-refractivity contribution in [2.24, 2.45) is 5.92 Å². The highest BCUT2D eigenvalue weighted by molar-refractivity contribution is 5.83. The molecule has 118 valence electrons. The smallest absolute Gasteiger partial charge is 0.199 e. The summed E-state index contributed by atoms with van der Waals surface area (Å²) in [5, 5.41) is 4.38. The van der Waals surface area contributed by atoms with Crippen molar-refractivity contribution in [3.05, 3.63) is 35.5 Å². The maximum absolute atomic E-state index is 12.3. The van der Waals surface area contributed by atoms with Crippen molar-refractivity contribution >= 4 is 11.4 Å². The van der Waals surface area contributed by atoms with Gasteiger partial charge in [0.25, 0.3) is 0 Å². The molecular formula is C17H18N4O2. The zero-order valence-electron chi connectivity index (χ0n) is 13.2. The average Bonchev–Trinajstić information content (AvgIpc) is 3.00. The Balaban J connectivity index is 1.78. The van der Waals surface area contributed by atoms with Gasteiger partial charge in [0, 0.05) is 18.4 Å². The fourth-order valence-corrected chi connectivity index (χ4v) is 2.90. The molecule has 1 fully saturated rings. The Morgan fingerprint density at radius 2 is 2.13 bits per heavy atom. The number of hydrogen-bond acceptors (Lipinski definition) is 5. The van der Waals surface area contributed by atoms with E-state index < -0.39 is 0 Å². The van der Waals surface area contributed by atoms with Gasteiger partial charge in [0.2, 0.25) is 0 Å². The molecule has 3 aromatic rings. The summed E-state index contributed by atoms with van der Waals surface area (Å²) in [7, 11) is 0. The van der Waals surface area contributed by atoms with Gasteiger partial charge in [0.05, 0.1) is 5.69 Å². The molecule has 0 unspecified atom stereocenters. The number of carbonyl (C=O) groups is 1. The lowest BCUT2D eigenvalue weighted by molar-refractivity contribution is -0.124. The van der Waals surface area contributed by atoms with Crippen LogP contribution in [0.2, 0.25) is 0 Å². The topological polar surface area (TPSA) is 73.3 Å². The van der Waals surface area contributed by atoms with E-state index in [2.05, 4.69) is 15.1 Å². The SMILES string of the molecule is Cc1nc2cc(CC(=O)C3CCC3)nc(-c3ccc(C)o3)n2n1. The molecule has 0 N–H and O–H groups in total. The van der Waals surface area contributed by atoms with Crippen molar-refractivity contribution in [3.63, 3.8) is 0 Å². The molecule has 23 heavy (non-hydrogen) atoms. The molecule has 1 saturated carbocycles. The lowest BCUT2D eigenvalue weighted by atomic mass is 9.81. The van der Waals surface area contributed by atoms with Gasteiger partial charge >= 0.3 is 0 Å². The van der Waals surface area contributed by atoms with E-state index in [1.165, 1.54) is 0 Å². The highest BCUT2D eigenvalue weighted by atomic mass is 16.3. The van der Waals surface area contributed by atoms with Gasteiger partial charge in [-0.3, -0.25) is 4.79 Å². The van der Waals surface area contributed by atoms with Crippen LogP contribution in [-0.2, 0) is 11.2 Å². The molecule has 0 bridgehead atoms. The maximum Gasteiger partial charge on any atom is 0.199 e. The summed E-state index contributed by atoms with van der Waals surface area (Å²) in [6.07, 6.45) is 3.52. The van der Waals surface area contributed by atoms with Crippen molar-refractivity contribution < 1.29 is 9.21 Å². The highest BCUT2D eigenvalue weighted by Gasteiger charge is 2.26. The molecule has 0 radical (unpaired) electrons. The first-order valence-electron chi connectivity index (χ1n) is 7.93. The number of nitrogens with zero attached hydrogens (tertiary/aromatic N) is 4. The van der Waals surface area contributed by atoms with Crippen LogP contribution in [0, 0.1) is 19.8 Å². The third-order valence-electron chi connectivity index (χ3n) is 4.36. The Kier molecular flexibility index (Phi) is 3.25. The summed E-state index contributed by atoms with van der Waals surface area (Å²) in [6, 6.07) is 5.60. The zero-order valence-corrected chi connectivity index (χ0v) is 13.2. The molecule has 0 amide bonds. The molecule has 6 heteroatoms. The van der Waals surface area contributed by atoms with Gasteiger partial charge in [-0.05, 0) is 38.8 Å². The monoisotopic (exact) mass is 310 g/mol. The first-order valence-corrected chi connectivity index (χ1v) is 7.93. The van der Waals surface area contributed by atoms with Crippen molar-refractivity contribution in [1.82, 2.24) is 19.6 Å². The molecule has 0 aliphatic heterocycles. The van der Waals surface area contributed by atoms with E-state index in [-0.39, 0.29) is 11.7 Å². The predicted octanol–water partition coefficient (Wildman–Crippen LogP) is 2.91. The zero-order chi connectivity index (χ0) is 16.0. The number of aryl methyl sites for hydroxylation is 2. The van der Waals surface area contributed by atoms with Gasteiger partial charge in [-0.2, -0.15) is 4.52 Å². The number of rotatable bonds is 4. The minimum Gasteiger partial charge on any atom is -0.458 e. The van der Waals surface area contributed by atoms with Crippen LogP contribution in [-0.4, -0.2) is 25.4 Å². The van der Waals surface area contributed by atoms with E-state index in [1.54, 1.807) is 4.52 Å². The summed E-state index contributed by atoms with van der Waals surface area (Å²) in [4.78, 5) is 21.3. The molecule has 0 atom stereocenters. The number of aromatic nitrogens is 4. The van der Waals surface area contributed by atoms with Crippen molar-refractivity contribution in [3.8, 4) is 11.6 Å². The number of furan rings is 1. The summed E-state index contributed by atoms with van der Waals surface area (Å²) in [5.41, 5.74) is 1.42. The van der Waals surface area contributed by atoms with E-state index in [9.17, 15) is 4.79 Å². The summed E-state index contributed by atoms with van der Waals surface area (Å²) in [6.45, 7) is 3.72. The third-order valence-corrected chi connectivity index (χ3v) is 4.36. The van der Waals surface area contributed by atoms with Gasteiger partial charge in [0.1, 0.15) is 17.4 Å². The van der Waals surface area contributed by atoms with Crippen LogP contribution in [0.5, 0.6) is 0 Å². The standard InChI is InChI=1S/C17H18N4O2/c1-10-6-7-15(23-10)17-19-13(8-14(22)12-4-3-5-12)9-16-18-11(2)20-21(16)17/h6-7,9,12H,3-5,8H2,1-2H3. The lowest BCUT2D eigenvalue weighted by Gasteiger charge is -2.23. The second-order valence-corrected chi connectivity index (χ2v) is 6.18. The number of carbonyl (C=O) groups excluding carboxylic acids is 1. The summed E-state index contributed by atoms with van der Waals surface area (Å²) >= 11 is 0. The number of ketones is 1. The largest absolute Gasteiger partial charge is 0.458 e. The van der Waals surface area contributed by atoms with E-state index in [1.807, 2.05) is 32.0 Å². The molecule has 1 aliphatic rings. The first kappa shape index (κ1) is 14.1. The first-order chi connectivity index (χ1) is 11.1. The molecule has 3 heterocycles. The van der Waals surface area contributed by atoms with Crippen molar-refractivity contribution in [2.75, 3.05) is 0 Å². The second kappa shape index (κ2) is 5.30. The van der Waals surface area contributed by atoms with Gasteiger partial charge in [-0.25, -0.2) is 9.97 Å². The Morgan fingerprint density at radius 1 is 1.30 bits per heavy atom. The molecule has 6 nitrogen and oxygen atoms in total. The number of hydrogen-bond donors (Lipinski definition) is 0. The molecule has 0 saturated heterocycles. The van der Waals surface area contributed by atoms with E-state index >= 15 is 0 Å². The number of fused-ring (bicyclic) bond motifs is 1. The fourth-order valence-electron chi connectivity index (χ4n) is 2.90. The Labute approximate surface area is 133 Å². The van der Waals surface area contributed by atoms with Crippen molar-refractivity contribution in [2.45, 2.75) is 39.5 Å². The highest BCUT2D eigenvalue weighted by Crippen LogP contribution is 2.28. The van der Waals surface area contributed by atoms with Crippen LogP contribution in [0.3, 0.4) is 0 Å². The van der Waals surface area contributed by atoms with Crippen LogP contribution >= 0.6 is 0 Å². The fraction of sp³-hybridized carbons (Fsp3) is 0.412. The van der Waals surface area contributed by atoms with E-state index in [4.69, 9.17) is 4.42 Å².